The number of carbonyl (C=O) groups is 1. The summed E-state index contributed by atoms with van der Waals surface area (Å²) in [5.41, 5.74) is 0.950. The maximum absolute atomic E-state index is 13.7. The van der Waals surface area contributed by atoms with Gasteiger partial charge in [0.1, 0.15) is 5.82 Å². The van der Waals surface area contributed by atoms with E-state index in [9.17, 15) is 17.6 Å². The first-order chi connectivity index (χ1) is 12.7. The van der Waals surface area contributed by atoms with Crippen LogP contribution in [-0.2, 0) is 15.8 Å². The molecule has 2 rings (SSSR count). The van der Waals surface area contributed by atoms with Crippen molar-refractivity contribution in [3.63, 3.8) is 0 Å². The monoisotopic (exact) mass is 450 g/mol. The van der Waals surface area contributed by atoms with Gasteiger partial charge >= 0.3 is 0 Å². The third kappa shape index (κ3) is 6.88. The van der Waals surface area contributed by atoms with Crippen LogP contribution in [0.4, 0.5) is 10.1 Å². The first-order valence-corrected chi connectivity index (χ1v) is 11.5. The van der Waals surface area contributed by atoms with Gasteiger partial charge in [-0.25, -0.2) is 12.8 Å². The van der Waals surface area contributed by atoms with E-state index in [4.69, 9.17) is 23.2 Å². The highest BCUT2D eigenvalue weighted by Gasteiger charge is 2.11. The van der Waals surface area contributed by atoms with Gasteiger partial charge in [-0.15, -0.1) is 0 Å². The van der Waals surface area contributed by atoms with Crippen LogP contribution >= 0.6 is 35.0 Å². The van der Waals surface area contributed by atoms with Gasteiger partial charge in [0.25, 0.3) is 5.91 Å². The van der Waals surface area contributed by atoms with Crippen LogP contribution in [0, 0.1) is 5.82 Å². The van der Waals surface area contributed by atoms with Gasteiger partial charge in [0.05, 0.1) is 17.0 Å². The van der Waals surface area contributed by atoms with E-state index in [1.165, 1.54) is 36.0 Å². The number of anilines is 1. The number of sulfonamides is 1. The van der Waals surface area contributed by atoms with E-state index in [1.54, 1.807) is 12.1 Å². The van der Waals surface area contributed by atoms with Gasteiger partial charge in [0.2, 0.25) is 10.0 Å². The van der Waals surface area contributed by atoms with Gasteiger partial charge in [0.15, 0.2) is 0 Å². The summed E-state index contributed by atoms with van der Waals surface area (Å²) >= 11 is 13.4. The van der Waals surface area contributed by atoms with Crippen molar-refractivity contribution in [2.75, 3.05) is 23.3 Å². The van der Waals surface area contributed by atoms with Crippen molar-refractivity contribution in [2.45, 2.75) is 5.75 Å². The molecule has 0 saturated carbocycles. The van der Waals surface area contributed by atoms with Crippen LogP contribution in [0.5, 0.6) is 0 Å². The summed E-state index contributed by atoms with van der Waals surface area (Å²) in [6.07, 6.45) is 1.01. The molecule has 0 atom stereocenters. The second-order valence-corrected chi connectivity index (χ2v) is 9.25. The number of carbonyl (C=O) groups excluding carboxylic acids is 1. The molecule has 0 unspecified atom stereocenters. The van der Waals surface area contributed by atoms with Gasteiger partial charge in [0, 0.05) is 34.2 Å². The van der Waals surface area contributed by atoms with Crippen LogP contribution in [0.1, 0.15) is 15.9 Å². The number of nitrogens with one attached hydrogen (secondary N) is 2. The fourth-order valence-corrected chi connectivity index (χ4v) is 4.18. The van der Waals surface area contributed by atoms with Gasteiger partial charge < -0.3 is 5.32 Å². The lowest BCUT2D eigenvalue weighted by atomic mass is 10.2. The Balaban J connectivity index is 1.83. The predicted octanol–water partition coefficient (Wildman–Crippen LogP) is 4.17. The Morgan fingerprint density at radius 3 is 2.56 bits per heavy atom. The number of thioether (sulfide) groups is 1. The van der Waals surface area contributed by atoms with Crippen molar-refractivity contribution in [1.82, 2.24) is 5.32 Å². The Kier molecular flexibility index (Phi) is 7.79. The average Bonchev–Trinajstić information content (AvgIpc) is 2.57. The minimum Gasteiger partial charge on any atom is -0.351 e. The van der Waals surface area contributed by atoms with E-state index in [-0.39, 0.29) is 22.4 Å². The van der Waals surface area contributed by atoms with Crippen molar-refractivity contribution < 1.29 is 17.6 Å². The minimum atomic E-state index is -3.46. The Labute approximate surface area is 171 Å². The van der Waals surface area contributed by atoms with E-state index in [2.05, 4.69) is 10.0 Å². The summed E-state index contributed by atoms with van der Waals surface area (Å²) < 4.78 is 38.4. The molecule has 0 aromatic heterocycles. The predicted molar refractivity (Wildman–Crippen MR) is 110 cm³/mol. The molecule has 0 aliphatic rings. The zero-order valence-corrected chi connectivity index (χ0v) is 17.4. The fourth-order valence-electron chi connectivity index (χ4n) is 2.12. The summed E-state index contributed by atoms with van der Waals surface area (Å²) in [4.78, 5) is 12.1. The Bertz CT molecular complexity index is 920. The zero-order valence-electron chi connectivity index (χ0n) is 14.3. The van der Waals surface area contributed by atoms with E-state index < -0.39 is 10.0 Å². The van der Waals surface area contributed by atoms with Crippen LogP contribution in [0.25, 0.3) is 0 Å². The smallest absolute Gasteiger partial charge is 0.251 e. The number of halogens is 3. The number of rotatable bonds is 8. The molecule has 0 heterocycles. The number of hydrogen-bond donors (Lipinski definition) is 2. The van der Waals surface area contributed by atoms with Gasteiger partial charge in [-0.1, -0.05) is 29.3 Å². The molecule has 0 fully saturated rings. The van der Waals surface area contributed by atoms with Crippen LogP contribution in [-0.4, -0.2) is 32.9 Å². The van der Waals surface area contributed by atoms with E-state index in [0.29, 0.717) is 34.2 Å². The highest BCUT2D eigenvalue weighted by Crippen LogP contribution is 2.25. The number of hydrogen-bond acceptors (Lipinski definition) is 4. The SMILES string of the molecule is CS(=O)(=O)Nc1ccc(C(=O)NCCSCc2c(F)cccc2Cl)cc1Cl. The first-order valence-electron chi connectivity index (χ1n) is 7.73. The topological polar surface area (TPSA) is 75.3 Å². The largest absolute Gasteiger partial charge is 0.351 e. The molecule has 0 spiro atoms. The summed E-state index contributed by atoms with van der Waals surface area (Å²) in [7, 11) is -3.46. The van der Waals surface area contributed by atoms with Crippen LogP contribution in [0.15, 0.2) is 36.4 Å². The molecular weight excluding hydrogens is 434 g/mol. The van der Waals surface area contributed by atoms with Crippen LogP contribution in [0.2, 0.25) is 10.0 Å². The molecule has 0 saturated heterocycles. The van der Waals surface area contributed by atoms with Gasteiger partial charge in [-0.3, -0.25) is 9.52 Å². The molecule has 0 aliphatic carbocycles. The average molecular weight is 451 g/mol. The summed E-state index contributed by atoms with van der Waals surface area (Å²) in [6, 6.07) is 8.82. The molecule has 0 bridgehead atoms. The second kappa shape index (κ2) is 9.64. The van der Waals surface area contributed by atoms with E-state index in [0.717, 1.165) is 6.26 Å². The molecule has 1 amide bonds. The van der Waals surface area contributed by atoms with Crippen molar-refractivity contribution in [3.8, 4) is 0 Å². The molecule has 5 nitrogen and oxygen atoms in total. The lowest BCUT2D eigenvalue weighted by molar-refractivity contribution is 0.0956. The van der Waals surface area contributed by atoms with Crippen molar-refractivity contribution in [3.05, 3.63) is 63.4 Å². The minimum absolute atomic E-state index is 0.122. The number of amides is 1. The van der Waals surface area contributed by atoms with Crippen molar-refractivity contribution in [2.24, 2.45) is 0 Å². The molecule has 2 aromatic carbocycles. The second-order valence-electron chi connectivity index (χ2n) is 5.58. The maximum Gasteiger partial charge on any atom is 0.251 e. The van der Waals surface area contributed by atoms with Crippen molar-refractivity contribution >= 4 is 56.6 Å². The van der Waals surface area contributed by atoms with E-state index in [1.807, 2.05) is 0 Å². The quantitative estimate of drug-likeness (QED) is 0.591. The molecule has 2 N–H and O–H groups in total. The molecule has 146 valence electrons. The normalized spacial score (nSPS) is 11.3. The Morgan fingerprint density at radius 1 is 1.19 bits per heavy atom. The molecule has 2 aromatic rings. The highest BCUT2D eigenvalue weighted by atomic mass is 35.5. The molecular formula is C17H17Cl2FN2O3S2. The molecule has 0 aliphatic heterocycles. The van der Waals surface area contributed by atoms with E-state index >= 15 is 0 Å². The standard InChI is InChI=1S/C17H17Cl2FN2O3S2/c1-27(24,25)22-16-6-5-11(9-14(16)19)17(23)21-7-8-26-10-12-13(18)3-2-4-15(12)20/h2-6,9,22H,7-8,10H2,1H3,(H,21,23). The summed E-state index contributed by atoms with van der Waals surface area (Å²) in [5, 5.41) is 3.23. The zero-order chi connectivity index (χ0) is 20.0. The van der Waals surface area contributed by atoms with Crippen LogP contribution in [0.3, 0.4) is 0 Å². The third-order valence-corrected chi connectivity index (χ3v) is 5.61. The highest BCUT2D eigenvalue weighted by molar-refractivity contribution is 7.98. The lowest BCUT2D eigenvalue weighted by Crippen LogP contribution is -2.25. The van der Waals surface area contributed by atoms with Crippen LogP contribution < -0.4 is 10.0 Å². The van der Waals surface area contributed by atoms with Gasteiger partial charge in [-0.2, -0.15) is 11.8 Å². The Morgan fingerprint density at radius 2 is 1.93 bits per heavy atom. The Hall–Kier alpha value is -1.48. The summed E-state index contributed by atoms with van der Waals surface area (Å²) in [6.45, 7) is 0.372. The number of benzene rings is 2. The summed E-state index contributed by atoms with van der Waals surface area (Å²) in [5.74, 6) is 0.278. The molecule has 10 heteroatoms. The fraction of sp³-hybridized carbons (Fsp3) is 0.235. The molecule has 0 radical (unpaired) electrons. The van der Waals surface area contributed by atoms with Gasteiger partial charge in [-0.05, 0) is 30.3 Å². The lowest BCUT2D eigenvalue weighted by Gasteiger charge is -2.09. The van der Waals surface area contributed by atoms with Crippen molar-refractivity contribution in [1.29, 1.82) is 0 Å². The first kappa shape index (κ1) is 21.8. The molecule has 27 heavy (non-hydrogen) atoms. The third-order valence-electron chi connectivity index (χ3n) is 3.37. The maximum atomic E-state index is 13.7.